The normalized spacial score (nSPS) is 11.6. The quantitative estimate of drug-likeness (QED) is 0.830. The highest BCUT2D eigenvalue weighted by Gasteiger charge is 2.16. The van der Waals surface area contributed by atoms with Crippen molar-refractivity contribution in [3.8, 4) is 0 Å². The lowest BCUT2D eigenvalue weighted by Gasteiger charge is -2.08. The second-order valence-electron chi connectivity index (χ2n) is 5.19. The summed E-state index contributed by atoms with van der Waals surface area (Å²) in [5.41, 5.74) is 1.15. The zero-order chi connectivity index (χ0) is 16.2. The van der Waals surface area contributed by atoms with Crippen LogP contribution in [0.1, 0.15) is 29.9 Å². The first kappa shape index (κ1) is 16.3. The van der Waals surface area contributed by atoms with Crippen LogP contribution < -0.4 is 4.72 Å². The molecule has 2 aromatic rings. The Kier molecular flexibility index (Phi) is 5.05. The monoisotopic (exact) mass is 318 g/mol. The third-order valence-electron chi connectivity index (χ3n) is 3.14. The molecule has 0 unspecified atom stereocenters. The molecular weight excluding hydrogens is 300 g/mol. The van der Waals surface area contributed by atoms with Crippen molar-refractivity contribution in [2.45, 2.75) is 25.3 Å². The average molecular weight is 318 g/mol. The van der Waals surface area contributed by atoms with E-state index in [1.54, 1.807) is 38.2 Å². The van der Waals surface area contributed by atoms with Crippen molar-refractivity contribution in [1.82, 2.24) is 9.71 Å². The number of pyridine rings is 1. The van der Waals surface area contributed by atoms with E-state index in [1.807, 2.05) is 0 Å². The van der Waals surface area contributed by atoms with Gasteiger partial charge in [-0.25, -0.2) is 13.1 Å². The van der Waals surface area contributed by atoms with E-state index in [4.69, 9.17) is 0 Å². The van der Waals surface area contributed by atoms with Gasteiger partial charge < -0.3 is 0 Å². The number of nitrogens with zero attached hydrogens (tertiary/aromatic N) is 1. The molecule has 0 fully saturated rings. The predicted octanol–water partition coefficient (Wildman–Crippen LogP) is 2.40. The second kappa shape index (κ2) is 6.81. The number of ketones is 1. The Bertz CT molecular complexity index is 739. The summed E-state index contributed by atoms with van der Waals surface area (Å²) in [4.78, 5) is 16.0. The van der Waals surface area contributed by atoms with Gasteiger partial charge in [0.05, 0.1) is 17.1 Å². The molecule has 1 heterocycles. The summed E-state index contributed by atoms with van der Waals surface area (Å²) in [6, 6.07) is 11.3. The molecule has 1 N–H and O–H groups in total. The molecule has 0 aliphatic carbocycles. The minimum atomic E-state index is -3.62. The van der Waals surface area contributed by atoms with Crippen LogP contribution in [0.4, 0.5) is 0 Å². The first-order chi connectivity index (χ1) is 10.4. The zero-order valence-electron chi connectivity index (χ0n) is 12.5. The van der Waals surface area contributed by atoms with E-state index in [9.17, 15) is 13.2 Å². The summed E-state index contributed by atoms with van der Waals surface area (Å²) in [7, 11) is -3.62. The minimum absolute atomic E-state index is 0.00890. The number of aromatic nitrogens is 1. The van der Waals surface area contributed by atoms with Crippen molar-refractivity contribution < 1.29 is 13.2 Å². The number of nitrogens with one attached hydrogen (secondary N) is 1. The van der Waals surface area contributed by atoms with Crippen LogP contribution in [0.3, 0.4) is 0 Å². The van der Waals surface area contributed by atoms with Crippen molar-refractivity contribution in [2.75, 3.05) is 0 Å². The van der Waals surface area contributed by atoms with Crippen LogP contribution in [0.2, 0.25) is 0 Å². The fraction of sp³-hybridized carbons (Fsp3) is 0.250. The summed E-state index contributed by atoms with van der Waals surface area (Å²) in [6.45, 7) is 3.73. The highest BCUT2D eigenvalue weighted by atomic mass is 32.2. The highest BCUT2D eigenvalue weighted by molar-refractivity contribution is 7.89. The van der Waals surface area contributed by atoms with Gasteiger partial charge in [-0.2, -0.15) is 0 Å². The Morgan fingerprint density at radius 2 is 1.82 bits per heavy atom. The van der Waals surface area contributed by atoms with Gasteiger partial charge >= 0.3 is 0 Å². The van der Waals surface area contributed by atoms with Crippen LogP contribution in [0, 0.1) is 5.92 Å². The lowest BCUT2D eigenvalue weighted by Crippen LogP contribution is -2.23. The van der Waals surface area contributed by atoms with E-state index in [0.29, 0.717) is 11.3 Å². The molecule has 0 saturated carbocycles. The minimum Gasteiger partial charge on any atom is -0.294 e. The Morgan fingerprint density at radius 3 is 2.36 bits per heavy atom. The molecule has 1 aromatic heterocycles. The number of carbonyl (C=O) groups is 1. The van der Waals surface area contributed by atoms with Crippen LogP contribution in [-0.2, 0) is 16.6 Å². The molecule has 0 atom stereocenters. The van der Waals surface area contributed by atoms with Crippen LogP contribution in [0.25, 0.3) is 0 Å². The largest absolute Gasteiger partial charge is 0.294 e. The molecule has 0 amide bonds. The molecule has 1 aromatic carbocycles. The predicted molar refractivity (Wildman–Crippen MR) is 83.9 cm³/mol. The Labute approximate surface area is 130 Å². The van der Waals surface area contributed by atoms with Crippen LogP contribution >= 0.6 is 0 Å². The molecule has 0 aliphatic rings. The molecule has 0 saturated heterocycles. The fourth-order valence-electron chi connectivity index (χ4n) is 1.89. The van der Waals surface area contributed by atoms with E-state index in [-0.39, 0.29) is 23.1 Å². The number of hydrogen-bond acceptors (Lipinski definition) is 4. The molecule has 0 aliphatic heterocycles. The van der Waals surface area contributed by atoms with E-state index in [1.165, 1.54) is 24.3 Å². The maximum atomic E-state index is 12.2. The van der Waals surface area contributed by atoms with Gasteiger partial charge in [0.15, 0.2) is 5.78 Å². The number of carbonyl (C=O) groups excluding carboxylic acids is 1. The van der Waals surface area contributed by atoms with E-state index >= 15 is 0 Å². The summed E-state index contributed by atoms with van der Waals surface area (Å²) in [5.74, 6) is -0.130. The van der Waals surface area contributed by atoms with Crippen LogP contribution in [-0.4, -0.2) is 19.2 Å². The van der Waals surface area contributed by atoms with Gasteiger partial charge in [-0.15, -0.1) is 0 Å². The van der Waals surface area contributed by atoms with Crippen molar-refractivity contribution in [3.63, 3.8) is 0 Å². The van der Waals surface area contributed by atoms with Gasteiger partial charge in [-0.3, -0.25) is 9.78 Å². The topological polar surface area (TPSA) is 76.1 Å². The molecule has 0 spiro atoms. The summed E-state index contributed by atoms with van der Waals surface area (Å²) >= 11 is 0. The lowest BCUT2D eigenvalue weighted by molar-refractivity contribution is 0.0939. The van der Waals surface area contributed by atoms with Gasteiger partial charge in [0.25, 0.3) is 0 Å². The fourth-order valence-corrected chi connectivity index (χ4v) is 2.89. The number of benzene rings is 1. The Balaban J connectivity index is 2.11. The molecule has 0 bridgehead atoms. The number of sulfonamides is 1. The third kappa shape index (κ3) is 3.99. The number of hydrogen-bond donors (Lipinski definition) is 1. The highest BCUT2D eigenvalue weighted by Crippen LogP contribution is 2.14. The van der Waals surface area contributed by atoms with Gasteiger partial charge in [0, 0.05) is 17.7 Å². The first-order valence-corrected chi connectivity index (χ1v) is 8.42. The standard InChI is InChI=1S/C16H18N2O3S/c1-12(2)16(19)13-6-8-15(9-7-13)22(20,21)18-11-14-5-3-4-10-17-14/h3-10,12,18H,11H2,1-2H3. The molecule has 22 heavy (non-hydrogen) atoms. The SMILES string of the molecule is CC(C)C(=O)c1ccc(S(=O)(=O)NCc2ccccn2)cc1. The average Bonchev–Trinajstić information content (AvgIpc) is 2.53. The summed E-state index contributed by atoms with van der Waals surface area (Å²) < 4.78 is 26.9. The van der Waals surface area contributed by atoms with Gasteiger partial charge in [-0.05, 0) is 24.3 Å². The van der Waals surface area contributed by atoms with Gasteiger partial charge in [0.2, 0.25) is 10.0 Å². The van der Waals surface area contributed by atoms with E-state index < -0.39 is 10.0 Å². The second-order valence-corrected chi connectivity index (χ2v) is 6.96. The van der Waals surface area contributed by atoms with Crippen molar-refractivity contribution >= 4 is 15.8 Å². The van der Waals surface area contributed by atoms with Crippen LogP contribution in [0.15, 0.2) is 53.6 Å². The Hall–Kier alpha value is -2.05. The first-order valence-electron chi connectivity index (χ1n) is 6.94. The molecule has 6 heteroatoms. The van der Waals surface area contributed by atoms with E-state index in [0.717, 1.165) is 0 Å². The molecule has 116 valence electrons. The summed E-state index contributed by atoms with van der Waals surface area (Å²) in [6.07, 6.45) is 1.61. The maximum Gasteiger partial charge on any atom is 0.240 e. The van der Waals surface area contributed by atoms with Gasteiger partial charge in [-0.1, -0.05) is 32.0 Å². The molecular formula is C16H18N2O3S. The van der Waals surface area contributed by atoms with Gasteiger partial charge in [0.1, 0.15) is 0 Å². The van der Waals surface area contributed by atoms with Crippen molar-refractivity contribution in [3.05, 3.63) is 59.9 Å². The van der Waals surface area contributed by atoms with Crippen molar-refractivity contribution in [2.24, 2.45) is 5.92 Å². The van der Waals surface area contributed by atoms with Crippen molar-refractivity contribution in [1.29, 1.82) is 0 Å². The van der Waals surface area contributed by atoms with Crippen LogP contribution in [0.5, 0.6) is 0 Å². The molecule has 0 radical (unpaired) electrons. The molecule has 2 rings (SSSR count). The Morgan fingerprint density at radius 1 is 1.14 bits per heavy atom. The zero-order valence-corrected chi connectivity index (χ0v) is 13.3. The summed E-state index contributed by atoms with van der Waals surface area (Å²) in [5, 5.41) is 0. The van der Waals surface area contributed by atoms with E-state index in [2.05, 4.69) is 9.71 Å². The maximum absolute atomic E-state index is 12.2. The third-order valence-corrected chi connectivity index (χ3v) is 4.56. The lowest BCUT2D eigenvalue weighted by atomic mass is 10.0. The smallest absolute Gasteiger partial charge is 0.240 e. The number of Topliss-reactive ketones (excluding diaryl/α,β-unsaturated/α-hetero) is 1. The molecule has 5 nitrogen and oxygen atoms in total. The number of rotatable bonds is 6.